The van der Waals surface area contributed by atoms with Gasteiger partial charge in [-0.3, -0.25) is 4.90 Å². The van der Waals surface area contributed by atoms with Gasteiger partial charge in [0.2, 0.25) is 0 Å². The molecule has 7 nitrogen and oxygen atoms in total. The maximum absolute atomic E-state index is 13.2. The minimum atomic E-state index is -4.89. The number of halogens is 6. The summed E-state index contributed by atoms with van der Waals surface area (Å²) in [5, 5.41) is 13.8. The third-order valence-electron chi connectivity index (χ3n) is 6.75. The molecule has 212 valence electrons. The molecule has 1 fully saturated rings. The molecule has 1 unspecified atom stereocenters. The molecule has 0 aliphatic carbocycles. The zero-order chi connectivity index (χ0) is 27.9. The van der Waals surface area contributed by atoms with Crippen LogP contribution in [0, 0.1) is 0 Å². The third-order valence-corrected chi connectivity index (χ3v) is 6.75. The molecule has 39 heavy (non-hydrogen) atoms. The summed E-state index contributed by atoms with van der Waals surface area (Å²) in [6.45, 7) is 3.92. The minimum absolute atomic E-state index is 0.126. The van der Waals surface area contributed by atoms with Gasteiger partial charge < -0.3 is 9.64 Å². The van der Waals surface area contributed by atoms with Crippen LogP contribution in [0.1, 0.15) is 47.0 Å². The molecule has 0 amide bonds. The smallest absolute Gasteiger partial charge is 0.375 e. The van der Waals surface area contributed by atoms with E-state index in [4.69, 9.17) is 4.74 Å². The van der Waals surface area contributed by atoms with Crippen molar-refractivity contribution in [3.05, 3.63) is 76.6 Å². The summed E-state index contributed by atoms with van der Waals surface area (Å²) >= 11 is 0. The fourth-order valence-electron chi connectivity index (χ4n) is 4.69. The Labute approximate surface area is 222 Å². The number of H-pyrrole nitrogens is 1. The highest BCUT2D eigenvalue weighted by Crippen LogP contribution is 2.36. The quantitative estimate of drug-likeness (QED) is 0.261. The van der Waals surface area contributed by atoms with Crippen molar-refractivity contribution in [2.24, 2.45) is 0 Å². The van der Waals surface area contributed by atoms with Crippen molar-refractivity contribution in [3.63, 3.8) is 0 Å². The van der Waals surface area contributed by atoms with Crippen molar-refractivity contribution < 1.29 is 31.1 Å². The van der Waals surface area contributed by atoms with Gasteiger partial charge in [0.1, 0.15) is 5.82 Å². The fourth-order valence-corrected chi connectivity index (χ4v) is 4.69. The van der Waals surface area contributed by atoms with E-state index < -0.39 is 23.5 Å². The molecule has 2 aromatic carbocycles. The van der Waals surface area contributed by atoms with Gasteiger partial charge in [-0.2, -0.15) is 26.3 Å². The molecule has 0 spiro atoms. The first-order valence-electron chi connectivity index (χ1n) is 12.7. The van der Waals surface area contributed by atoms with Crippen LogP contribution >= 0.6 is 0 Å². The summed E-state index contributed by atoms with van der Waals surface area (Å²) in [6.07, 6.45) is -7.03. The molecule has 3 aromatic rings. The lowest BCUT2D eigenvalue weighted by atomic mass is 10.0. The lowest BCUT2D eigenvalue weighted by Gasteiger charge is -2.39. The minimum Gasteiger partial charge on any atom is -0.375 e. The molecule has 1 aliphatic heterocycles. The molecule has 1 atom stereocenters. The van der Waals surface area contributed by atoms with Crippen LogP contribution in [0.2, 0.25) is 0 Å². The number of piperazine rings is 1. The average molecular weight is 557 g/mol. The predicted octanol–water partition coefficient (Wildman–Crippen LogP) is 5.14. The highest BCUT2D eigenvalue weighted by molar-refractivity contribution is 5.33. The van der Waals surface area contributed by atoms with Crippen molar-refractivity contribution in [1.82, 2.24) is 30.4 Å². The monoisotopic (exact) mass is 556 g/mol. The van der Waals surface area contributed by atoms with Crippen LogP contribution in [0.5, 0.6) is 0 Å². The standard InChI is InChI=1S/C26H30F6N6O/c27-25(28,29)21-14-19(15-22(16-21)26(30,31)32)17-39-18-23(20-6-2-1-3-7-20)38-12-10-37(11-13-38)9-5-4-8-24-33-35-36-34-24/h1-3,6-7,14-16,23H,4-5,8-13,17-18H2,(H,33,34,35,36). The molecule has 4 rings (SSSR count). The molecule has 0 bridgehead atoms. The number of aromatic nitrogens is 4. The molecule has 1 N–H and O–H groups in total. The predicted molar refractivity (Wildman–Crippen MR) is 130 cm³/mol. The van der Waals surface area contributed by atoms with Crippen molar-refractivity contribution in [2.75, 3.05) is 39.3 Å². The number of rotatable bonds is 11. The first-order chi connectivity index (χ1) is 18.6. The van der Waals surface area contributed by atoms with E-state index in [1.165, 1.54) is 0 Å². The van der Waals surface area contributed by atoms with Crippen molar-refractivity contribution in [3.8, 4) is 0 Å². The van der Waals surface area contributed by atoms with E-state index >= 15 is 0 Å². The van der Waals surface area contributed by atoms with Crippen LogP contribution in [-0.4, -0.2) is 69.8 Å². The second-order valence-electron chi connectivity index (χ2n) is 9.54. The maximum Gasteiger partial charge on any atom is 0.416 e. The zero-order valence-electron chi connectivity index (χ0n) is 21.2. The number of aryl methyl sites for hydroxylation is 1. The van der Waals surface area contributed by atoms with Crippen LogP contribution < -0.4 is 0 Å². The zero-order valence-corrected chi connectivity index (χ0v) is 21.2. The van der Waals surface area contributed by atoms with Crippen LogP contribution in [-0.2, 0) is 30.1 Å². The number of hydrogen-bond acceptors (Lipinski definition) is 6. The Bertz CT molecular complexity index is 1120. The van der Waals surface area contributed by atoms with Gasteiger partial charge in [-0.25, -0.2) is 5.10 Å². The lowest BCUT2D eigenvalue weighted by molar-refractivity contribution is -0.143. The number of benzene rings is 2. The molecule has 0 radical (unpaired) electrons. The van der Waals surface area contributed by atoms with Crippen molar-refractivity contribution >= 4 is 0 Å². The van der Waals surface area contributed by atoms with Gasteiger partial charge in [0.05, 0.1) is 30.4 Å². The van der Waals surface area contributed by atoms with E-state index in [9.17, 15) is 26.3 Å². The second-order valence-corrected chi connectivity index (χ2v) is 9.54. The molecule has 0 saturated carbocycles. The number of tetrazole rings is 1. The molecule has 1 saturated heterocycles. The third kappa shape index (κ3) is 8.48. The Morgan fingerprint density at radius 2 is 1.54 bits per heavy atom. The van der Waals surface area contributed by atoms with Crippen LogP contribution in [0.3, 0.4) is 0 Å². The summed E-state index contributed by atoms with van der Waals surface area (Å²) in [7, 11) is 0. The maximum atomic E-state index is 13.2. The van der Waals surface area contributed by atoms with Gasteiger partial charge in [-0.1, -0.05) is 30.3 Å². The summed E-state index contributed by atoms with van der Waals surface area (Å²) in [5.74, 6) is 0.769. The van der Waals surface area contributed by atoms with E-state index in [2.05, 4.69) is 30.4 Å². The summed E-state index contributed by atoms with van der Waals surface area (Å²) in [6, 6.07) is 10.9. The van der Waals surface area contributed by atoms with Gasteiger partial charge in [-0.05, 0) is 59.1 Å². The normalized spacial score (nSPS) is 16.5. The van der Waals surface area contributed by atoms with Crippen LogP contribution in [0.25, 0.3) is 0 Å². The molecule has 1 aromatic heterocycles. The molecule has 13 heteroatoms. The number of hydrogen-bond donors (Lipinski definition) is 1. The summed E-state index contributed by atoms with van der Waals surface area (Å²) in [5.41, 5.74) is -1.88. The van der Waals surface area contributed by atoms with E-state index in [0.717, 1.165) is 63.4 Å². The molecular weight excluding hydrogens is 526 g/mol. The van der Waals surface area contributed by atoms with Crippen LogP contribution in [0.4, 0.5) is 26.3 Å². The molecule has 2 heterocycles. The average Bonchev–Trinajstić information content (AvgIpc) is 3.43. The first-order valence-corrected chi connectivity index (χ1v) is 12.7. The van der Waals surface area contributed by atoms with E-state index in [1.807, 2.05) is 30.3 Å². The Balaban J connectivity index is 1.34. The van der Waals surface area contributed by atoms with Crippen LogP contribution in [0.15, 0.2) is 48.5 Å². The van der Waals surface area contributed by atoms with Gasteiger partial charge in [0.25, 0.3) is 0 Å². The Hall–Kier alpha value is -3.03. The topological polar surface area (TPSA) is 70.2 Å². The van der Waals surface area contributed by atoms with Gasteiger partial charge in [0.15, 0.2) is 0 Å². The number of nitrogens with one attached hydrogen (secondary N) is 1. The lowest BCUT2D eigenvalue weighted by Crippen LogP contribution is -2.48. The van der Waals surface area contributed by atoms with Gasteiger partial charge >= 0.3 is 12.4 Å². The first kappa shape index (κ1) is 29.0. The number of unbranched alkanes of at least 4 members (excludes halogenated alkanes) is 1. The number of alkyl halides is 6. The fraction of sp³-hybridized carbons (Fsp3) is 0.500. The largest absolute Gasteiger partial charge is 0.416 e. The highest BCUT2D eigenvalue weighted by atomic mass is 19.4. The van der Waals surface area contributed by atoms with Gasteiger partial charge in [-0.15, -0.1) is 5.10 Å². The summed E-state index contributed by atoms with van der Waals surface area (Å²) < 4.78 is 85.1. The number of ether oxygens (including phenoxy) is 1. The Morgan fingerprint density at radius 3 is 2.13 bits per heavy atom. The summed E-state index contributed by atoms with van der Waals surface area (Å²) in [4.78, 5) is 4.62. The molecule has 1 aliphatic rings. The second kappa shape index (κ2) is 12.9. The number of aromatic amines is 1. The van der Waals surface area contributed by atoms with Crippen molar-refractivity contribution in [2.45, 2.75) is 44.3 Å². The Kier molecular flexibility index (Phi) is 9.57. The SMILES string of the molecule is FC(F)(F)c1cc(COCC(c2ccccc2)N2CCN(CCCCc3nnn[nH]3)CC2)cc(C(F)(F)F)c1. The van der Waals surface area contributed by atoms with E-state index in [1.54, 1.807) is 0 Å². The Morgan fingerprint density at radius 1 is 0.872 bits per heavy atom. The number of nitrogens with zero attached hydrogens (tertiary/aromatic N) is 5. The van der Waals surface area contributed by atoms with E-state index in [0.29, 0.717) is 12.1 Å². The molecular formula is C26H30F6N6O. The van der Waals surface area contributed by atoms with E-state index in [-0.39, 0.29) is 30.9 Å². The van der Waals surface area contributed by atoms with Crippen molar-refractivity contribution in [1.29, 1.82) is 0 Å². The van der Waals surface area contributed by atoms with Gasteiger partial charge in [0, 0.05) is 32.6 Å². The highest BCUT2D eigenvalue weighted by Gasteiger charge is 2.37.